The Morgan fingerprint density at radius 2 is 1.32 bits per heavy atom. The maximum Gasteiger partial charge on any atom is 0.317 e. The number of carbonyl (C=O) groups is 4. The van der Waals surface area contributed by atoms with Crippen LogP contribution in [-0.4, -0.2) is 48.8 Å². The van der Waals surface area contributed by atoms with Gasteiger partial charge in [0.05, 0.1) is 19.8 Å². The molecule has 0 aliphatic carbocycles. The van der Waals surface area contributed by atoms with Crippen molar-refractivity contribution in [2.45, 2.75) is 40.0 Å². The molecule has 0 saturated carbocycles. The van der Waals surface area contributed by atoms with Crippen molar-refractivity contribution in [3.05, 3.63) is 0 Å². The van der Waals surface area contributed by atoms with Crippen LogP contribution in [0.4, 0.5) is 0 Å². The summed E-state index contributed by atoms with van der Waals surface area (Å²) in [4.78, 5) is 44.1. The summed E-state index contributed by atoms with van der Waals surface area (Å²) in [6, 6.07) is 0. The van der Waals surface area contributed by atoms with Crippen LogP contribution in [0.15, 0.2) is 0 Å². The molecule has 0 radical (unpaired) electrons. The molecule has 0 rings (SSSR count). The minimum atomic E-state index is -1.27. The van der Waals surface area contributed by atoms with Gasteiger partial charge in [0, 0.05) is 5.41 Å². The maximum atomic E-state index is 11.5. The standard InChI is InChI=1S/C14H22O8/c1-4-14(3,8-21-11(17)6-10(15)16)9-22-13(19)7-12(18)20-5-2/h4-9H2,1-3H3,(H,15,16). The Balaban J connectivity index is 4.26. The molecule has 1 unspecified atom stereocenters. The molecule has 0 bridgehead atoms. The zero-order valence-corrected chi connectivity index (χ0v) is 13.0. The van der Waals surface area contributed by atoms with Gasteiger partial charge in [0.15, 0.2) is 0 Å². The smallest absolute Gasteiger partial charge is 0.317 e. The summed E-state index contributed by atoms with van der Waals surface area (Å²) in [7, 11) is 0. The molecule has 0 amide bonds. The van der Waals surface area contributed by atoms with E-state index in [1.165, 1.54) is 0 Å². The highest BCUT2D eigenvalue weighted by Crippen LogP contribution is 2.22. The van der Waals surface area contributed by atoms with Crippen LogP contribution in [-0.2, 0) is 33.4 Å². The molecule has 0 aliphatic heterocycles. The summed E-state index contributed by atoms with van der Waals surface area (Å²) >= 11 is 0. The quantitative estimate of drug-likeness (QED) is 0.359. The fourth-order valence-electron chi connectivity index (χ4n) is 1.31. The van der Waals surface area contributed by atoms with Gasteiger partial charge in [-0.1, -0.05) is 13.8 Å². The van der Waals surface area contributed by atoms with Crippen molar-refractivity contribution in [2.24, 2.45) is 5.41 Å². The summed E-state index contributed by atoms with van der Waals surface area (Å²) in [6.07, 6.45) is -0.672. The Labute approximate surface area is 128 Å². The van der Waals surface area contributed by atoms with Gasteiger partial charge < -0.3 is 19.3 Å². The molecule has 0 aromatic heterocycles. The number of ether oxygens (including phenoxy) is 3. The average molecular weight is 318 g/mol. The molecular weight excluding hydrogens is 296 g/mol. The Morgan fingerprint density at radius 3 is 1.73 bits per heavy atom. The highest BCUT2D eigenvalue weighted by molar-refractivity contribution is 5.91. The van der Waals surface area contributed by atoms with E-state index in [1.54, 1.807) is 13.8 Å². The van der Waals surface area contributed by atoms with Crippen LogP contribution < -0.4 is 0 Å². The molecule has 0 fully saturated rings. The number of esters is 3. The van der Waals surface area contributed by atoms with Gasteiger partial charge in [-0.05, 0) is 13.3 Å². The van der Waals surface area contributed by atoms with Crippen molar-refractivity contribution in [3.63, 3.8) is 0 Å². The molecule has 1 atom stereocenters. The van der Waals surface area contributed by atoms with Gasteiger partial charge in [0.25, 0.3) is 0 Å². The summed E-state index contributed by atoms with van der Waals surface area (Å²) < 4.78 is 14.5. The van der Waals surface area contributed by atoms with E-state index in [4.69, 9.17) is 14.6 Å². The van der Waals surface area contributed by atoms with Gasteiger partial charge in [-0.3, -0.25) is 19.2 Å². The summed E-state index contributed by atoms with van der Waals surface area (Å²) in [5.74, 6) is -3.53. The van der Waals surface area contributed by atoms with Gasteiger partial charge in [0.2, 0.25) is 0 Å². The van der Waals surface area contributed by atoms with Crippen LogP contribution in [0.1, 0.15) is 40.0 Å². The highest BCUT2D eigenvalue weighted by atomic mass is 16.6. The lowest BCUT2D eigenvalue weighted by atomic mass is 9.90. The number of hydrogen-bond acceptors (Lipinski definition) is 7. The first-order valence-electron chi connectivity index (χ1n) is 6.91. The van der Waals surface area contributed by atoms with Gasteiger partial charge >= 0.3 is 23.9 Å². The summed E-state index contributed by atoms with van der Waals surface area (Å²) in [6.45, 7) is 5.20. The minimum Gasteiger partial charge on any atom is -0.481 e. The largest absolute Gasteiger partial charge is 0.481 e. The molecule has 1 N–H and O–H groups in total. The number of hydrogen-bond donors (Lipinski definition) is 1. The number of carboxylic acid groups (broad SMARTS) is 1. The molecule has 0 aromatic rings. The third-order valence-corrected chi connectivity index (χ3v) is 2.91. The predicted octanol–water partition coefficient (Wildman–Crippen LogP) is 0.917. The second-order valence-electron chi connectivity index (χ2n) is 5.04. The fourth-order valence-corrected chi connectivity index (χ4v) is 1.31. The van der Waals surface area contributed by atoms with Crippen LogP contribution in [0.3, 0.4) is 0 Å². The van der Waals surface area contributed by atoms with Crippen molar-refractivity contribution in [1.29, 1.82) is 0 Å². The third-order valence-electron chi connectivity index (χ3n) is 2.91. The summed E-state index contributed by atoms with van der Waals surface area (Å²) in [5.41, 5.74) is -0.654. The zero-order chi connectivity index (χ0) is 17.2. The molecular formula is C14H22O8. The van der Waals surface area contributed by atoms with E-state index >= 15 is 0 Å². The second-order valence-corrected chi connectivity index (χ2v) is 5.04. The molecule has 22 heavy (non-hydrogen) atoms. The topological polar surface area (TPSA) is 116 Å². The van der Waals surface area contributed by atoms with Gasteiger partial charge in [-0.2, -0.15) is 0 Å². The average Bonchev–Trinajstić information content (AvgIpc) is 2.42. The molecule has 8 nitrogen and oxygen atoms in total. The van der Waals surface area contributed by atoms with E-state index < -0.39 is 42.1 Å². The summed E-state index contributed by atoms with van der Waals surface area (Å²) in [5, 5.41) is 8.46. The van der Waals surface area contributed by atoms with Crippen molar-refractivity contribution < 1.29 is 38.5 Å². The number of carbonyl (C=O) groups excluding carboxylic acids is 3. The van der Waals surface area contributed by atoms with Gasteiger partial charge in [-0.25, -0.2) is 0 Å². The van der Waals surface area contributed by atoms with Gasteiger partial charge in [-0.15, -0.1) is 0 Å². The van der Waals surface area contributed by atoms with Crippen molar-refractivity contribution in [2.75, 3.05) is 19.8 Å². The lowest BCUT2D eigenvalue weighted by Crippen LogP contribution is -2.31. The van der Waals surface area contributed by atoms with E-state index in [-0.39, 0.29) is 19.8 Å². The Bertz CT molecular complexity index is 417. The van der Waals surface area contributed by atoms with Crippen molar-refractivity contribution in [1.82, 2.24) is 0 Å². The molecule has 0 spiro atoms. The van der Waals surface area contributed by atoms with Crippen molar-refractivity contribution in [3.8, 4) is 0 Å². The molecule has 0 heterocycles. The van der Waals surface area contributed by atoms with Crippen molar-refractivity contribution >= 4 is 23.9 Å². The SMILES string of the molecule is CCOC(=O)CC(=O)OCC(C)(CC)COC(=O)CC(=O)O. The first-order valence-corrected chi connectivity index (χ1v) is 6.91. The van der Waals surface area contributed by atoms with Crippen LogP contribution in [0.25, 0.3) is 0 Å². The third kappa shape index (κ3) is 8.93. The van der Waals surface area contributed by atoms with Crippen LogP contribution in [0.5, 0.6) is 0 Å². The van der Waals surface area contributed by atoms with E-state index in [2.05, 4.69) is 4.74 Å². The second kappa shape index (κ2) is 9.75. The normalized spacial score (nSPS) is 12.9. The number of aliphatic carboxylic acids is 1. The lowest BCUT2D eigenvalue weighted by molar-refractivity contribution is -0.158. The van der Waals surface area contributed by atoms with Crippen LogP contribution >= 0.6 is 0 Å². The Kier molecular flexibility index (Phi) is 8.81. The first kappa shape index (κ1) is 19.9. The Morgan fingerprint density at radius 1 is 0.864 bits per heavy atom. The molecule has 126 valence electrons. The number of rotatable bonds is 10. The molecule has 0 aromatic carbocycles. The van der Waals surface area contributed by atoms with E-state index in [0.29, 0.717) is 6.42 Å². The maximum absolute atomic E-state index is 11.5. The monoisotopic (exact) mass is 318 g/mol. The Hall–Kier alpha value is -2.12. The molecule has 0 saturated heterocycles. The predicted molar refractivity (Wildman–Crippen MR) is 73.8 cm³/mol. The van der Waals surface area contributed by atoms with E-state index in [9.17, 15) is 19.2 Å². The lowest BCUT2D eigenvalue weighted by Gasteiger charge is -2.26. The van der Waals surface area contributed by atoms with E-state index in [1.807, 2.05) is 6.92 Å². The zero-order valence-electron chi connectivity index (χ0n) is 13.0. The van der Waals surface area contributed by atoms with E-state index in [0.717, 1.165) is 0 Å². The highest BCUT2D eigenvalue weighted by Gasteiger charge is 2.27. The van der Waals surface area contributed by atoms with Gasteiger partial charge in [0.1, 0.15) is 12.8 Å². The molecule has 8 heteroatoms. The molecule has 0 aliphatic rings. The first-order chi connectivity index (χ1) is 10.2. The number of carboxylic acids is 1. The minimum absolute atomic E-state index is 0.0535. The van der Waals surface area contributed by atoms with Crippen LogP contribution in [0, 0.1) is 5.41 Å². The van der Waals surface area contributed by atoms with Crippen LogP contribution in [0.2, 0.25) is 0 Å². The fraction of sp³-hybridized carbons (Fsp3) is 0.714.